The number of hydrogen-bond donors (Lipinski definition) is 0. The van der Waals surface area contributed by atoms with Crippen molar-refractivity contribution < 1.29 is 14.3 Å². The molecule has 3 fully saturated rings. The zero-order chi connectivity index (χ0) is 13.7. The lowest BCUT2D eigenvalue weighted by atomic mass is 9.40. The number of hydrogen-bond acceptors (Lipinski definition) is 3. The Morgan fingerprint density at radius 1 is 1.56 bits per heavy atom. The van der Waals surface area contributed by atoms with Crippen LogP contribution in [0.5, 0.6) is 0 Å². The molecule has 3 heteroatoms. The van der Waals surface area contributed by atoms with Gasteiger partial charge in [0.15, 0.2) is 11.2 Å². The van der Waals surface area contributed by atoms with E-state index in [1.54, 1.807) is 0 Å². The van der Waals surface area contributed by atoms with Gasteiger partial charge in [0.2, 0.25) is 0 Å². The lowest BCUT2D eigenvalue weighted by Gasteiger charge is -2.61. The summed E-state index contributed by atoms with van der Waals surface area (Å²) >= 11 is 0. The number of ketones is 1. The zero-order valence-corrected chi connectivity index (χ0v) is 11.1. The van der Waals surface area contributed by atoms with Gasteiger partial charge in [-0.1, -0.05) is 20.4 Å². The number of carbonyl (C=O) groups is 2. The fourth-order valence-electron chi connectivity index (χ4n) is 3.55. The molecule has 0 aromatic heterocycles. The van der Waals surface area contributed by atoms with Crippen LogP contribution in [0.2, 0.25) is 0 Å². The summed E-state index contributed by atoms with van der Waals surface area (Å²) in [6.45, 7) is 8.10. The van der Waals surface area contributed by atoms with Crippen LogP contribution in [-0.2, 0) is 14.3 Å². The molecule has 0 saturated heterocycles. The highest BCUT2D eigenvalue weighted by Crippen LogP contribution is 2.65. The monoisotopic (exact) mass is 246 g/mol. The van der Waals surface area contributed by atoms with E-state index in [9.17, 15) is 9.59 Å². The maximum Gasteiger partial charge on any atom is 0.324 e. The van der Waals surface area contributed by atoms with Crippen LogP contribution < -0.4 is 0 Å². The molecule has 0 unspecified atom stereocenters. The summed E-state index contributed by atoms with van der Waals surface area (Å²) in [6.07, 6.45) is 6.18. The van der Waals surface area contributed by atoms with Crippen LogP contribution in [0.15, 0.2) is 12.2 Å². The highest BCUT2D eigenvalue weighted by Gasteiger charge is 2.68. The molecule has 2 bridgehead atoms. The van der Waals surface area contributed by atoms with Crippen LogP contribution >= 0.6 is 0 Å². The summed E-state index contributed by atoms with van der Waals surface area (Å²) in [6, 6.07) is 0. The molecule has 3 aliphatic carbocycles. The van der Waals surface area contributed by atoms with Crippen LogP contribution in [0.1, 0.15) is 26.7 Å². The number of methoxy groups -OCH3 is 1. The quantitative estimate of drug-likeness (QED) is 0.324. The largest absolute Gasteiger partial charge is 0.468 e. The van der Waals surface area contributed by atoms with Crippen LogP contribution in [-0.4, -0.2) is 18.9 Å². The first-order valence-electron chi connectivity index (χ1n) is 6.09. The summed E-state index contributed by atoms with van der Waals surface area (Å²) in [5.41, 5.74) is -0.766. The molecule has 3 saturated carbocycles. The van der Waals surface area contributed by atoms with Gasteiger partial charge in [0.25, 0.3) is 0 Å². The van der Waals surface area contributed by atoms with Crippen LogP contribution in [0.25, 0.3) is 0 Å². The standard InChI is InChI=1S/C15H18O3/c1-6-7-15(13(17)18-5)9(2)10-8-11(12(15)16)14(10,3)4/h1,10-11H,2,7-8H2,3-5H3/t10-,11+,15-/m0/s1. The molecule has 0 heterocycles. The first-order valence-corrected chi connectivity index (χ1v) is 6.09. The number of terminal acetylenes is 1. The van der Waals surface area contributed by atoms with Gasteiger partial charge in [-0.15, -0.1) is 12.3 Å². The van der Waals surface area contributed by atoms with E-state index in [0.29, 0.717) is 5.57 Å². The third-order valence-electron chi connectivity index (χ3n) is 4.87. The van der Waals surface area contributed by atoms with Gasteiger partial charge in [-0.3, -0.25) is 9.59 Å². The molecule has 0 N–H and O–H groups in total. The van der Waals surface area contributed by atoms with E-state index in [2.05, 4.69) is 12.5 Å². The molecule has 0 amide bonds. The predicted molar refractivity (Wildman–Crippen MR) is 67.4 cm³/mol. The van der Waals surface area contributed by atoms with Gasteiger partial charge in [-0.2, -0.15) is 0 Å². The van der Waals surface area contributed by atoms with Crippen molar-refractivity contribution >= 4 is 11.8 Å². The van der Waals surface area contributed by atoms with Crippen molar-refractivity contribution in [3.05, 3.63) is 12.2 Å². The second-order valence-electron chi connectivity index (χ2n) is 5.83. The minimum atomic E-state index is -1.30. The topological polar surface area (TPSA) is 43.4 Å². The van der Waals surface area contributed by atoms with E-state index in [1.165, 1.54) is 7.11 Å². The predicted octanol–water partition coefficient (Wildman–Crippen LogP) is 1.97. The summed E-state index contributed by atoms with van der Waals surface area (Å²) in [7, 11) is 1.28. The Morgan fingerprint density at radius 3 is 2.56 bits per heavy atom. The molecule has 18 heavy (non-hydrogen) atoms. The Hall–Kier alpha value is -1.56. The minimum absolute atomic E-state index is 0.0560. The second kappa shape index (κ2) is 3.71. The molecule has 3 atom stereocenters. The smallest absolute Gasteiger partial charge is 0.324 e. The van der Waals surface area contributed by atoms with Crippen molar-refractivity contribution in [1.82, 2.24) is 0 Å². The van der Waals surface area contributed by atoms with Crippen molar-refractivity contribution in [1.29, 1.82) is 0 Å². The van der Waals surface area contributed by atoms with Crippen molar-refractivity contribution in [2.24, 2.45) is 22.7 Å². The molecule has 0 aliphatic heterocycles. The van der Waals surface area contributed by atoms with Crippen LogP contribution in [0, 0.1) is 35.0 Å². The van der Waals surface area contributed by atoms with Gasteiger partial charge >= 0.3 is 5.97 Å². The van der Waals surface area contributed by atoms with Crippen LogP contribution in [0.4, 0.5) is 0 Å². The molecule has 3 aliphatic rings. The first-order chi connectivity index (χ1) is 8.33. The van der Waals surface area contributed by atoms with E-state index in [4.69, 9.17) is 11.2 Å². The lowest BCUT2D eigenvalue weighted by molar-refractivity contribution is -0.171. The molecule has 0 spiro atoms. The van der Waals surface area contributed by atoms with Crippen molar-refractivity contribution in [3.8, 4) is 12.3 Å². The van der Waals surface area contributed by atoms with E-state index < -0.39 is 11.4 Å². The van der Waals surface area contributed by atoms with Gasteiger partial charge in [0.1, 0.15) is 0 Å². The number of Topliss-reactive ketones (excluding diaryl/α,β-unsaturated/α-hetero) is 1. The summed E-state index contributed by atoms with van der Waals surface area (Å²) in [5, 5.41) is 0. The molecular formula is C15H18O3. The highest BCUT2D eigenvalue weighted by atomic mass is 16.5. The average molecular weight is 246 g/mol. The van der Waals surface area contributed by atoms with Crippen LogP contribution in [0.3, 0.4) is 0 Å². The zero-order valence-electron chi connectivity index (χ0n) is 11.1. The van der Waals surface area contributed by atoms with E-state index >= 15 is 0 Å². The SMILES string of the molecule is C#CC[C@]1(C(=O)OC)C(=C)[C@@H]2C[C@H](C1=O)C2(C)C. The normalized spacial score (nSPS) is 36.6. The number of carbonyl (C=O) groups excluding carboxylic acids is 2. The Bertz CT molecular complexity index is 454. The van der Waals surface area contributed by atoms with E-state index in [0.717, 1.165) is 6.42 Å². The third kappa shape index (κ3) is 1.21. The molecule has 0 aromatic rings. The fraction of sp³-hybridized carbons (Fsp3) is 0.600. The van der Waals surface area contributed by atoms with Gasteiger partial charge in [0, 0.05) is 12.3 Å². The first kappa shape index (κ1) is 12.9. The maximum absolute atomic E-state index is 12.6. The van der Waals surface area contributed by atoms with Crippen molar-refractivity contribution in [2.45, 2.75) is 26.7 Å². The number of esters is 1. The van der Waals surface area contributed by atoms with Crippen molar-refractivity contribution in [3.63, 3.8) is 0 Å². The number of rotatable bonds is 2. The number of ether oxygens (including phenoxy) is 1. The maximum atomic E-state index is 12.6. The van der Waals surface area contributed by atoms with Gasteiger partial charge in [-0.05, 0) is 23.3 Å². The summed E-state index contributed by atoms with van der Waals surface area (Å²) in [4.78, 5) is 24.7. The van der Waals surface area contributed by atoms with Crippen molar-refractivity contribution in [2.75, 3.05) is 7.11 Å². The van der Waals surface area contributed by atoms with Gasteiger partial charge in [-0.25, -0.2) is 0 Å². The molecule has 3 rings (SSSR count). The molecule has 96 valence electrons. The lowest BCUT2D eigenvalue weighted by Crippen LogP contribution is -2.64. The summed E-state index contributed by atoms with van der Waals surface area (Å²) in [5.74, 6) is 1.84. The average Bonchev–Trinajstić information content (AvgIpc) is 2.31. The molecule has 0 radical (unpaired) electrons. The fourth-order valence-corrected chi connectivity index (χ4v) is 3.55. The molecule has 0 aromatic carbocycles. The summed E-state index contributed by atoms with van der Waals surface area (Å²) < 4.78 is 4.81. The second-order valence-corrected chi connectivity index (χ2v) is 5.83. The van der Waals surface area contributed by atoms with Gasteiger partial charge < -0.3 is 4.74 Å². The molecular weight excluding hydrogens is 228 g/mol. The molecule has 3 nitrogen and oxygen atoms in total. The Kier molecular flexibility index (Phi) is 2.66. The van der Waals surface area contributed by atoms with Gasteiger partial charge in [0.05, 0.1) is 7.11 Å². The Balaban J connectivity index is 2.51. The Morgan fingerprint density at radius 2 is 2.17 bits per heavy atom. The Labute approximate surface area is 108 Å². The minimum Gasteiger partial charge on any atom is -0.468 e. The number of fused-ring (bicyclic) bond motifs is 2. The van der Waals surface area contributed by atoms with E-state index in [1.807, 2.05) is 13.8 Å². The van der Waals surface area contributed by atoms with E-state index in [-0.39, 0.29) is 29.5 Å². The third-order valence-corrected chi connectivity index (χ3v) is 4.87. The highest BCUT2D eigenvalue weighted by molar-refractivity contribution is 6.10.